The van der Waals surface area contributed by atoms with Crippen molar-refractivity contribution in [3.63, 3.8) is 0 Å². The summed E-state index contributed by atoms with van der Waals surface area (Å²) in [5.74, 6) is 1.55. The predicted octanol–water partition coefficient (Wildman–Crippen LogP) is 2.50. The molecule has 1 aromatic heterocycles. The molecule has 1 atom stereocenters. The number of ether oxygens (including phenoxy) is 1. The van der Waals surface area contributed by atoms with Crippen molar-refractivity contribution in [2.24, 2.45) is 5.92 Å². The molecule has 1 aliphatic carbocycles. The molecule has 4 rings (SSSR count). The zero-order chi connectivity index (χ0) is 15.8. The van der Waals surface area contributed by atoms with Gasteiger partial charge in [-0.1, -0.05) is 18.2 Å². The van der Waals surface area contributed by atoms with Crippen molar-refractivity contribution in [1.82, 2.24) is 15.1 Å². The van der Waals surface area contributed by atoms with Crippen LogP contribution in [0.5, 0.6) is 5.75 Å². The molecule has 2 aliphatic rings. The van der Waals surface area contributed by atoms with Crippen LogP contribution in [0.3, 0.4) is 0 Å². The Bertz CT molecular complexity index is 721. The molecule has 0 unspecified atom stereocenters. The molecule has 0 bridgehead atoms. The molecule has 120 valence electrons. The van der Waals surface area contributed by atoms with Gasteiger partial charge in [0, 0.05) is 13.0 Å². The molecule has 2 aromatic rings. The summed E-state index contributed by atoms with van der Waals surface area (Å²) in [5, 5.41) is 7.40. The van der Waals surface area contributed by atoms with Gasteiger partial charge in [0.1, 0.15) is 12.4 Å². The van der Waals surface area contributed by atoms with E-state index in [1.165, 1.54) is 12.8 Å². The molecular weight excluding hydrogens is 290 g/mol. The number of benzene rings is 1. The fraction of sp³-hybridized carbons (Fsp3) is 0.444. The molecule has 23 heavy (non-hydrogen) atoms. The third-order valence-electron chi connectivity index (χ3n) is 4.66. The van der Waals surface area contributed by atoms with Crippen LogP contribution in [0.25, 0.3) is 0 Å². The van der Waals surface area contributed by atoms with E-state index in [4.69, 9.17) is 4.74 Å². The van der Waals surface area contributed by atoms with E-state index in [2.05, 4.69) is 16.3 Å². The van der Waals surface area contributed by atoms with Crippen LogP contribution in [-0.4, -0.2) is 34.7 Å². The second kappa shape index (κ2) is 5.72. The van der Waals surface area contributed by atoms with Crippen molar-refractivity contribution in [2.75, 3.05) is 13.7 Å². The smallest absolute Gasteiger partial charge is 0.229 e. The second-order valence-electron chi connectivity index (χ2n) is 6.61. The largest absolute Gasteiger partial charge is 0.492 e. The molecule has 0 radical (unpaired) electrons. The first kappa shape index (κ1) is 14.3. The van der Waals surface area contributed by atoms with Gasteiger partial charge in [-0.15, -0.1) is 0 Å². The van der Waals surface area contributed by atoms with Gasteiger partial charge in [-0.3, -0.25) is 9.89 Å². The van der Waals surface area contributed by atoms with Crippen molar-refractivity contribution in [3.05, 3.63) is 47.3 Å². The number of carbonyl (C=O) groups is 1. The van der Waals surface area contributed by atoms with Crippen LogP contribution >= 0.6 is 0 Å². The van der Waals surface area contributed by atoms with Crippen molar-refractivity contribution < 1.29 is 9.53 Å². The molecule has 1 saturated carbocycles. The summed E-state index contributed by atoms with van der Waals surface area (Å²) >= 11 is 0. The van der Waals surface area contributed by atoms with Crippen molar-refractivity contribution in [2.45, 2.75) is 31.7 Å². The molecule has 0 saturated heterocycles. The number of aromatic nitrogens is 2. The predicted molar refractivity (Wildman–Crippen MR) is 86.2 cm³/mol. The number of H-pyrrole nitrogens is 1. The van der Waals surface area contributed by atoms with Crippen molar-refractivity contribution >= 4 is 5.91 Å². The molecule has 1 amide bonds. The van der Waals surface area contributed by atoms with Crippen molar-refractivity contribution in [3.8, 4) is 5.75 Å². The standard InChI is InChI=1S/C18H21N3O2/c1-21(10-15-9-16(20-19-15)12-6-7-12)18(22)14-8-13-4-2-3-5-17(13)23-11-14/h2-5,9,12,14H,6-8,10-11H2,1H3,(H,19,20)/t14-/m0/s1. The average Bonchev–Trinajstić information content (AvgIpc) is 3.33. The lowest BCUT2D eigenvalue weighted by Crippen LogP contribution is -2.38. The Labute approximate surface area is 135 Å². The number of hydrogen-bond acceptors (Lipinski definition) is 3. The molecule has 1 aromatic carbocycles. The summed E-state index contributed by atoms with van der Waals surface area (Å²) in [7, 11) is 1.85. The van der Waals surface area contributed by atoms with Gasteiger partial charge in [-0.2, -0.15) is 5.10 Å². The highest BCUT2D eigenvalue weighted by molar-refractivity contribution is 5.79. The minimum Gasteiger partial charge on any atom is -0.492 e. The van der Waals surface area contributed by atoms with Crippen LogP contribution in [0.2, 0.25) is 0 Å². The molecule has 5 heteroatoms. The van der Waals surface area contributed by atoms with Crippen molar-refractivity contribution in [1.29, 1.82) is 0 Å². The van der Waals surface area contributed by atoms with Crippen LogP contribution in [0.15, 0.2) is 30.3 Å². The van der Waals surface area contributed by atoms with Gasteiger partial charge in [-0.25, -0.2) is 0 Å². The molecular formula is C18H21N3O2. The summed E-state index contributed by atoms with van der Waals surface area (Å²) in [5.41, 5.74) is 3.25. The Balaban J connectivity index is 1.40. The lowest BCUT2D eigenvalue weighted by molar-refractivity contribution is -0.136. The average molecular weight is 311 g/mol. The molecule has 2 heterocycles. The van der Waals surface area contributed by atoms with Gasteiger partial charge < -0.3 is 9.64 Å². The first-order valence-corrected chi connectivity index (χ1v) is 8.20. The minimum absolute atomic E-state index is 0.110. The third kappa shape index (κ3) is 2.96. The number of fused-ring (bicyclic) bond motifs is 1. The minimum atomic E-state index is -0.110. The van der Waals surface area contributed by atoms with Crippen LogP contribution in [0.4, 0.5) is 0 Å². The fourth-order valence-corrected chi connectivity index (χ4v) is 3.18. The number of nitrogens with one attached hydrogen (secondary N) is 1. The number of aromatic amines is 1. The maximum atomic E-state index is 12.7. The Morgan fingerprint density at radius 1 is 1.39 bits per heavy atom. The number of amides is 1. The normalized spacial score (nSPS) is 19.8. The third-order valence-corrected chi connectivity index (χ3v) is 4.66. The summed E-state index contributed by atoms with van der Waals surface area (Å²) in [6.45, 7) is 1.02. The fourth-order valence-electron chi connectivity index (χ4n) is 3.18. The maximum absolute atomic E-state index is 12.7. The topological polar surface area (TPSA) is 58.2 Å². The summed E-state index contributed by atoms with van der Waals surface area (Å²) in [4.78, 5) is 14.4. The zero-order valence-electron chi connectivity index (χ0n) is 13.3. The maximum Gasteiger partial charge on any atom is 0.229 e. The number of hydrogen-bond donors (Lipinski definition) is 1. The van der Waals surface area contributed by atoms with E-state index in [1.807, 2.05) is 31.3 Å². The Kier molecular flexibility index (Phi) is 3.56. The van der Waals surface area contributed by atoms with Crippen LogP contribution in [-0.2, 0) is 17.8 Å². The molecule has 1 fully saturated rings. The first-order valence-electron chi connectivity index (χ1n) is 8.20. The lowest BCUT2D eigenvalue weighted by Gasteiger charge is -2.28. The van der Waals surface area contributed by atoms with E-state index in [-0.39, 0.29) is 11.8 Å². The van der Waals surface area contributed by atoms with Gasteiger partial charge in [0.05, 0.1) is 23.9 Å². The number of carbonyl (C=O) groups excluding carboxylic acids is 1. The zero-order valence-corrected chi connectivity index (χ0v) is 13.3. The number of nitrogens with zero attached hydrogens (tertiary/aromatic N) is 2. The highest BCUT2D eigenvalue weighted by Crippen LogP contribution is 2.39. The first-order chi connectivity index (χ1) is 11.2. The lowest BCUT2D eigenvalue weighted by atomic mass is 9.95. The van der Waals surface area contributed by atoms with Crippen LogP contribution in [0, 0.1) is 5.92 Å². The van der Waals surface area contributed by atoms with E-state index in [1.54, 1.807) is 4.90 Å². The molecule has 5 nitrogen and oxygen atoms in total. The van der Waals surface area contributed by atoms with Gasteiger partial charge in [-0.05, 0) is 37.0 Å². The number of para-hydroxylation sites is 1. The second-order valence-corrected chi connectivity index (χ2v) is 6.61. The Morgan fingerprint density at radius 2 is 2.22 bits per heavy atom. The van der Waals surface area contributed by atoms with Gasteiger partial charge in [0.2, 0.25) is 5.91 Å². The Hall–Kier alpha value is -2.30. The molecule has 0 spiro atoms. The quantitative estimate of drug-likeness (QED) is 0.944. The van der Waals surface area contributed by atoms with E-state index in [0.717, 1.165) is 29.1 Å². The summed E-state index contributed by atoms with van der Waals surface area (Å²) in [6, 6.07) is 10.0. The Morgan fingerprint density at radius 3 is 3.04 bits per heavy atom. The summed E-state index contributed by atoms with van der Waals surface area (Å²) in [6.07, 6.45) is 3.21. The summed E-state index contributed by atoms with van der Waals surface area (Å²) < 4.78 is 5.73. The SMILES string of the molecule is CN(Cc1cc(C2CC2)n[nH]1)C(=O)[C@@H]1COc2ccccc2C1. The highest BCUT2D eigenvalue weighted by atomic mass is 16.5. The monoisotopic (exact) mass is 311 g/mol. The van der Waals surface area contributed by atoms with Crippen LogP contribution in [0.1, 0.15) is 35.7 Å². The van der Waals surface area contributed by atoms with Crippen LogP contribution < -0.4 is 4.74 Å². The number of rotatable bonds is 4. The highest BCUT2D eigenvalue weighted by Gasteiger charge is 2.29. The molecule has 1 N–H and O–H groups in total. The van der Waals surface area contributed by atoms with E-state index in [0.29, 0.717) is 19.1 Å². The van der Waals surface area contributed by atoms with Gasteiger partial charge in [0.15, 0.2) is 0 Å². The molecule has 1 aliphatic heterocycles. The van der Waals surface area contributed by atoms with E-state index in [9.17, 15) is 4.79 Å². The van der Waals surface area contributed by atoms with E-state index >= 15 is 0 Å². The van der Waals surface area contributed by atoms with Gasteiger partial charge in [0.25, 0.3) is 0 Å². The van der Waals surface area contributed by atoms with Gasteiger partial charge >= 0.3 is 0 Å². The van der Waals surface area contributed by atoms with E-state index < -0.39 is 0 Å².